The molecule has 0 bridgehead atoms. The van der Waals surface area contributed by atoms with Gasteiger partial charge in [-0.25, -0.2) is 0 Å². The van der Waals surface area contributed by atoms with Crippen molar-refractivity contribution in [2.45, 2.75) is 146 Å². The van der Waals surface area contributed by atoms with Crippen LogP contribution in [0.3, 0.4) is 0 Å². The molecule has 40 heavy (non-hydrogen) atoms. The van der Waals surface area contributed by atoms with E-state index in [1.165, 1.54) is 64.2 Å². The van der Waals surface area contributed by atoms with Gasteiger partial charge in [-0.1, -0.05) is 19.3 Å². The van der Waals surface area contributed by atoms with Crippen LogP contribution < -0.4 is 20.9 Å². The van der Waals surface area contributed by atoms with Crippen molar-refractivity contribution in [3.8, 4) is 6.07 Å². The molecular weight excluding hydrogens is 518 g/mol. The monoisotopic (exact) mass is 574 g/mol. The highest BCUT2D eigenvalue weighted by atomic mass is 32.3. The second kappa shape index (κ2) is 12.2. The second-order valence-electron chi connectivity index (χ2n) is 15.3. The summed E-state index contributed by atoms with van der Waals surface area (Å²) in [5.74, 6) is 4.03. The van der Waals surface area contributed by atoms with Gasteiger partial charge in [0.05, 0.1) is 17.5 Å². The lowest BCUT2D eigenvalue weighted by atomic mass is 9.60. The van der Waals surface area contributed by atoms with Crippen LogP contribution in [0.5, 0.6) is 0 Å². The Kier molecular flexibility index (Phi) is 9.01. The fraction of sp³-hybridized carbons (Fsp3) is 0.969. The first kappa shape index (κ1) is 29.5. The summed E-state index contributed by atoms with van der Waals surface area (Å²) < 4.78 is 27.6. The number of fused-ring (bicyclic) bond motifs is 3. The molecule has 7 nitrogen and oxygen atoms in total. The van der Waals surface area contributed by atoms with Gasteiger partial charge in [-0.3, -0.25) is 10.9 Å². The molecule has 9 unspecified atom stereocenters. The predicted molar refractivity (Wildman–Crippen MR) is 161 cm³/mol. The summed E-state index contributed by atoms with van der Waals surface area (Å²) in [6, 6.07) is 4.46. The maximum Gasteiger partial charge on any atom is 0.291 e. The third-order valence-corrected chi connectivity index (χ3v) is 14.7. The van der Waals surface area contributed by atoms with Gasteiger partial charge in [-0.2, -0.15) is 9.81 Å². The van der Waals surface area contributed by atoms with E-state index in [-0.39, 0.29) is 16.7 Å². The molecule has 4 saturated carbocycles. The maximum atomic E-state index is 13.3. The quantitative estimate of drug-likeness (QED) is 0.266. The summed E-state index contributed by atoms with van der Waals surface area (Å²) in [5, 5.41) is 13.5. The topological polar surface area (TPSA) is 109 Å². The average molecular weight is 575 g/mol. The SMILES string of the molecule is CC(C)(C#N)C1CCC(C2NNC3CNC4CCC(C5CCCC(N[S+](=O)(O)C6CCCCC6)C5)CC4C32)CC1. The van der Waals surface area contributed by atoms with Crippen molar-refractivity contribution in [1.82, 2.24) is 20.9 Å². The number of rotatable bonds is 6. The molecule has 2 saturated heterocycles. The maximum absolute atomic E-state index is 13.3. The Labute approximate surface area is 244 Å². The van der Waals surface area contributed by atoms with Gasteiger partial charge in [0.1, 0.15) is 0 Å². The zero-order chi connectivity index (χ0) is 27.9. The second-order valence-corrected chi connectivity index (χ2v) is 17.3. The number of nitrogens with one attached hydrogen (secondary N) is 4. The molecule has 6 rings (SSSR count). The smallest absolute Gasteiger partial charge is 0.291 e. The summed E-state index contributed by atoms with van der Waals surface area (Å²) in [6.45, 7) is 5.32. The third kappa shape index (κ3) is 6.08. The lowest BCUT2D eigenvalue weighted by Gasteiger charge is -2.50. The van der Waals surface area contributed by atoms with E-state index in [9.17, 15) is 14.0 Å². The highest BCUT2D eigenvalue weighted by Crippen LogP contribution is 2.49. The fourth-order valence-electron chi connectivity index (χ4n) is 10.2. The standard InChI is InChI=1S/C32H55N5O2S/c1-32(2,20-33)24-14-11-21(12-15-24)31-30-27-18-23(13-16-28(27)34-19-29(30)35-36-31)22-7-6-8-25(17-22)37-40(38,39)26-9-4-3-5-10-26/h21-31,34-36H,3-19H2,1-2H3,(H-,37,38,39)/p+1. The minimum Gasteiger partial charge on any atom is -0.312 e. The molecule has 5 N–H and O–H groups in total. The molecule has 9 atom stereocenters. The van der Waals surface area contributed by atoms with Gasteiger partial charge in [-0.05, 0) is 137 Å². The number of nitrogens with zero attached hydrogens (tertiary/aromatic N) is 1. The third-order valence-electron chi connectivity index (χ3n) is 12.7. The van der Waals surface area contributed by atoms with E-state index in [1.54, 1.807) is 0 Å². The number of hydrazine groups is 1. The largest absolute Gasteiger partial charge is 0.312 e. The summed E-state index contributed by atoms with van der Waals surface area (Å²) >= 11 is 0. The van der Waals surface area contributed by atoms with E-state index < -0.39 is 10.4 Å². The Bertz CT molecular complexity index is 955. The lowest BCUT2D eigenvalue weighted by molar-refractivity contribution is 0.0426. The van der Waals surface area contributed by atoms with E-state index in [0.29, 0.717) is 47.7 Å². The van der Waals surface area contributed by atoms with Gasteiger partial charge in [0.15, 0.2) is 5.25 Å². The number of piperidine rings is 1. The molecule has 4 aliphatic carbocycles. The molecule has 6 aliphatic rings. The van der Waals surface area contributed by atoms with Gasteiger partial charge in [-0.15, -0.1) is 4.72 Å². The van der Waals surface area contributed by atoms with Crippen molar-refractivity contribution < 1.29 is 8.76 Å². The Hall–Kier alpha value is -0.560. The van der Waals surface area contributed by atoms with Crippen molar-refractivity contribution in [2.75, 3.05) is 6.54 Å². The van der Waals surface area contributed by atoms with E-state index in [1.807, 2.05) is 0 Å². The lowest BCUT2D eigenvalue weighted by Crippen LogP contribution is -2.59. The Morgan fingerprint density at radius 1 is 0.825 bits per heavy atom. The first-order valence-corrected chi connectivity index (χ1v) is 18.5. The molecular formula is C32H56N5O2S+. The van der Waals surface area contributed by atoms with Crippen molar-refractivity contribution >= 4 is 10.4 Å². The van der Waals surface area contributed by atoms with Crippen LogP contribution in [0.25, 0.3) is 0 Å². The normalized spacial score (nSPS) is 44.6. The van der Waals surface area contributed by atoms with Crippen LogP contribution in [0.2, 0.25) is 0 Å². The fourth-order valence-corrected chi connectivity index (χ4v) is 12.1. The van der Waals surface area contributed by atoms with Gasteiger partial charge in [0.2, 0.25) is 0 Å². The minimum absolute atomic E-state index is 0.0531. The average Bonchev–Trinajstić information content (AvgIpc) is 3.42. The van der Waals surface area contributed by atoms with Gasteiger partial charge >= 0.3 is 0 Å². The summed E-state index contributed by atoms with van der Waals surface area (Å²) in [4.78, 5) is 0. The molecule has 2 aliphatic heterocycles. The van der Waals surface area contributed by atoms with E-state index in [4.69, 9.17) is 0 Å². The van der Waals surface area contributed by atoms with Gasteiger partial charge in [0, 0.05) is 24.7 Å². The molecule has 0 amide bonds. The first-order chi connectivity index (χ1) is 19.2. The number of hydrogen-bond acceptors (Lipinski definition) is 5. The van der Waals surface area contributed by atoms with Crippen molar-refractivity contribution in [3.05, 3.63) is 0 Å². The highest BCUT2D eigenvalue weighted by molar-refractivity contribution is 7.96. The molecule has 226 valence electrons. The Morgan fingerprint density at radius 3 is 2.30 bits per heavy atom. The zero-order valence-electron chi connectivity index (χ0n) is 25.1. The highest BCUT2D eigenvalue weighted by Gasteiger charge is 2.52. The van der Waals surface area contributed by atoms with Crippen molar-refractivity contribution in [3.63, 3.8) is 0 Å². The van der Waals surface area contributed by atoms with E-state index in [2.05, 4.69) is 40.8 Å². The van der Waals surface area contributed by atoms with Crippen molar-refractivity contribution in [1.29, 1.82) is 5.26 Å². The van der Waals surface area contributed by atoms with Crippen LogP contribution in [0.15, 0.2) is 0 Å². The van der Waals surface area contributed by atoms with Crippen LogP contribution in [0.1, 0.15) is 117 Å². The van der Waals surface area contributed by atoms with Gasteiger partial charge in [0.25, 0.3) is 10.4 Å². The molecule has 0 spiro atoms. The summed E-state index contributed by atoms with van der Waals surface area (Å²) in [5.41, 5.74) is 7.31. The van der Waals surface area contributed by atoms with Gasteiger partial charge < -0.3 is 5.32 Å². The minimum atomic E-state index is -2.95. The number of hydrogen-bond donors (Lipinski definition) is 5. The molecule has 0 aromatic carbocycles. The molecule has 0 aromatic rings. The first-order valence-electron chi connectivity index (χ1n) is 16.9. The molecule has 0 radical (unpaired) electrons. The predicted octanol–water partition coefficient (Wildman–Crippen LogP) is 5.56. The van der Waals surface area contributed by atoms with E-state index in [0.717, 1.165) is 51.0 Å². The van der Waals surface area contributed by atoms with E-state index >= 15 is 0 Å². The number of nitriles is 1. The molecule has 0 aromatic heterocycles. The molecule has 2 heterocycles. The Morgan fingerprint density at radius 2 is 1.55 bits per heavy atom. The summed E-state index contributed by atoms with van der Waals surface area (Å²) in [6.07, 6.45) is 18.6. The van der Waals surface area contributed by atoms with Crippen LogP contribution in [-0.4, -0.2) is 40.5 Å². The van der Waals surface area contributed by atoms with Crippen LogP contribution >= 0.6 is 0 Å². The molecule has 8 heteroatoms. The van der Waals surface area contributed by atoms with Crippen molar-refractivity contribution in [2.24, 2.45) is 40.9 Å². The summed E-state index contributed by atoms with van der Waals surface area (Å²) in [7, 11) is -2.95. The zero-order valence-corrected chi connectivity index (χ0v) is 25.9. The molecule has 6 fully saturated rings. The van der Waals surface area contributed by atoms with Crippen LogP contribution in [0, 0.1) is 52.3 Å². The van der Waals surface area contributed by atoms with Crippen LogP contribution in [-0.2, 0) is 14.6 Å². The van der Waals surface area contributed by atoms with Crippen LogP contribution in [0.4, 0.5) is 0 Å². The Balaban J connectivity index is 1.08.